The Labute approximate surface area is 123 Å². The molecule has 1 aromatic carbocycles. The van der Waals surface area contributed by atoms with Crippen LogP contribution in [0.5, 0.6) is 0 Å². The number of anilines is 1. The van der Waals surface area contributed by atoms with Crippen LogP contribution >= 0.6 is 0 Å². The van der Waals surface area contributed by atoms with E-state index in [1.807, 2.05) is 32.0 Å². The first-order chi connectivity index (χ1) is 10.0. The number of hydrogen-bond donors (Lipinski definition) is 1. The highest BCUT2D eigenvalue weighted by atomic mass is 16.2. The number of para-hydroxylation sites is 1. The molecule has 1 heterocycles. The van der Waals surface area contributed by atoms with Gasteiger partial charge in [0.2, 0.25) is 5.91 Å². The molecule has 1 saturated heterocycles. The zero-order chi connectivity index (χ0) is 15.2. The van der Waals surface area contributed by atoms with E-state index in [1.165, 1.54) is 4.90 Å². The topological polar surface area (TPSA) is 66.5 Å². The Morgan fingerprint density at radius 2 is 1.95 bits per heavy atom. The van der Waals surface area contributed by atoms with Gasteiger partial charge in [0, 0.05) is 0 Å². The van der Waals surface area contributed by atoms with Gasteiger partial charge in [-0.05, 0) is 37.3 Å². The first-order valence-electron chi connectivity index (χ1n) is 7.29. The number of aryl methyl sites for hydroxylation is 2. The molecule has 0 atom stereocenters. The number of carbonyl (C=O) groups is 3. The Bertz CT molecular complexity index is 647. The number of benzene rings is 1. The van der Waals surface area contributed by atoms with E-state index in [9.17, 15) is 14.4 Å². The summed E-state index contributed by atoms with van der Waals surface area (Å²) in [6, 6.07) is 5.06. The van der Waals surface area contributed by atoms with Crippen LogP contribution in [0.25, 0.3) is 0 Å². The van der Waals surface area contributed by atoms with Gasteiger partial charge in [-0.2, -0.15) is 0 Å². The quantitative estimate of drug-likeness (QED) is 0.848. The molecule has 1 aliphatic heterocycles. The molecular weight excluding hydrogens is 268 g/mol. The van der Waals surface area contributed by atoms with Crippen LogP contribution in [0, 0.1) is 12.3 Å². The summed E-state index contributed by atoms with van der Waals surface area (Å²) in [5.74, 6) is -0.807. The smallest absolute Gasteiger partial charge is 0.276 e. The lowest BCUT2D eigenvalue weighted by Crippen LogP contribution is -2.66. The molecule has 1 saturated carbocycles. The van der Waals surface area contributed by atoms with Crippen molar-refractivity contribution in [1.82, 2.24) is 5.32 Å². The Morgan fingerprint density at radius 3 is 2.52 bits per heavy atom. The van der Waals surface area contributed by atoms with Crippen molar-refractivity contribution in [3.8, 4) is 0 Å². The van der Waals surface area contributed by atoms with Crippen LogP contribution in [0.15, 0.2) is 18.2 Å². The van der Waals surface area contributed by atoms with Crippen molar-refractivity contribution < 1.29 is 14.4 Å². The summed E-state index contributed by atoms with van der Waals surface area (Å²) in [7, 11) is 0. The van der Waals surface area contributed by atoms with Crippen LogP contribution in [0.2, 0.25) is 0 Å². The third-order valence-corrected chi connectivity index (χ3v) is 4.60. The largest absolute Gasteiger partial charge is 0.335 e. The summed E-state index contributed by atoms with van der Waals surface area (Å²) in [6.45, 7) is 3.85. The third kappa shape index (κ3) is 1.80. The first-order valence-corrected chi connectivity index (χ1v) is 7.29. The predicted octanol–water partition coefficient (Wildman–Crippen LogP) is 2.31. The van der Waals surface area contributed by atoms with Crippen LogP contribution in [0.4, 0.5) is 10.5 Å². The fourth-order valence-corrected chi connectivity index (χ4v) is 3.18. The Hall–Kier alpha value is -2.17. The van der Waals surface area contributed by atoms with E-state index in [1.54, 1.807) is 0 Å². The Morgan fingerprint density at radius 1 is 1.24 bits per heavy atom. The minimum absolute atomic E-state index is 0.369. The van der Waals surface area contributed by atoms with E-state index in [0.717, 1.165) is 24.0 Å². The average molecular weight is 286 g/mol. The minimum atomic E-state index is -1.03. The van der Waals surface area contributed by atoms with Gasteiger partial charge < -0.3 is 0 Å². The maximum absolute atomic E-state index is 12.8. The van der Waals surface area contributed by atoms with E-state index in [-0.39, 0.29) is 5.91 Å². The molecule has 110 valence electrons. The van der Waals surface area contributed by atoms with E-state index in [2.05, 4.69) is 5.32 Å². The molecule has 3 rings (SSSR count). The summed E-state index contributed by atoms with van der Waals surface area (Å²) in [4.78, 5) is 38.3. The summed E-state index contributed by atoms with van der Waals surface area (Å²) in [5, 5.41) is 2.36. The van der Waals surface area contributed by atoms with Crippen LogP contribution in [0.3, 0.4) is 0 Å². The molecule has 0 bridgehead atoms. The number of hydrogen-bond acceptors (Lipinski definition) is 3. The third-order valence-electron chi connectivity index (χ3n) is 4.60. The first kappa shape index (κ1) is 13.8. The average Bonchev–Trinajstić information content (AvgIpc) is 2.38. The van der Waals surface area contributed by atoms with Crippen LogP contribution in [-0.4, -0.2) is 17.8 Å². The van der Waals surface area contributed by atoms with E-state index in [0.29, 0.717) is 18.5 Å². The summed E-state index contributed by atoms with van der Waals surface area (Å²) < 4.78 is 0. The number of rotatable bonds is 2. The summed E-state index contributed by atoms with van der Waals surface area (Å²) in [6.07, 6.45) is 2.61. The van der Waals surface area contributed by atoms with Gasteiger partial charge in [0.15, 0.2) is 0 Å². The van der Waals surface area contributed by atoms with E-state index < -0.39 is 17.4 Å². The second-order valence-corrected chi connectivity index (χ2v) is 5.77. The normalized spacial score (nSPS) is 20.5. The standard InChI is InChI=1S/C16H18N2O3/c1-3-11-7-4-6-10(2)12(11)18-14(20)16(8-5-9-16)13(19)17-15(18)21/h4,6-7H,3,5,8-9H2,1-2H3,(H,17,19,21). The van der Waals surface area contributed by atoms with Crippen molar-refractivity contribution in [3.63, 3.8) is 0 Å². The molecule has 1 spiro atoms. The molecule has 21 heavy (non-hydrogen) atoms. The van der Waals surface area contributed by atoms with E-state index >= 15 is 0 Å². The number of carbonyl (C=O) groups excluding carboxylic acids is 3. The van der Waals surface area contributed by atoms with E-state index in [4.69, 9.17) is 0 Å². The molecule has 5 heteroatoms. The molecule has 2 aliphatic rings. The van der Waals surface area contributed by atoms with Crippen molar-refractivity contribution >= 4 is 23.5 Å². The predicted molar refractivity (Wildman–Crippen MR) is 77.9 cm³/mol. The molecule has 0 unspecified atom stereocenters. The lowest BCUT2D eigenvalue weighted by molar-refractivity contribution is -0.148. The molecule has 0 aromatic heterocycles. The number of nitrogens with zero attached hydrogens (tertiary/aromatic N) is 1. The molecule has 1 aliphatic carbocycles. The molecule has 0 radical (unpaired) electrons. The molecule has 5 nitrogen and oxygen atoms in total. The van der Waals surface area contributed by atoms with Crippen molar-refractivity contribution in [2.75, 3.05) is 4.90 Å². The highest BCUT2D eigenvalue weighted by Gasteiger charge is 2.57. The molecule has 2 fully saturated rings. The Balaban J connectivity index is 2.11. The van der Waals surface area contributed by atoms with Gasteiger partial charge in [-0.3, -0.25) is 14.9 Å². The maximum Gasteiger partial charge on any atom is 0.335 e. The lowest BCUT2D eigenvalue weighted by Gasteiger charge is -2.45. The number of urea groups is 1. The van der Waals surface area contributed by atoms with Gasteiger partial charge in [-0.1, -0.05) is 31.5 Å². The monoisotopic (exact) mass is 286 g/mol. The molecular formula is C16H18N2O3. The molecule has 1 aromatic rings. The summed E-state index contributed by atoms with van der Waals surface area (Å²) in [5.41, 5.74) is 1.39. The highest BCUT2D eigenvalue weighted by molar-refractivity contribution is 6.30. The highest BCUT2D eigenvalue weighted by Crippen LogP contribution is 2.46. The number of nitrogens with one attached hydrogen (secondary N) is 1. The fourth-order valence-electron chi connectivity index (χ4n) is 3.18. The lowest BCUT2D eigenvalue weighted by atomic mass is 9.66. The number of imide groups is 2. The van der Waals surface area contributed by atoms with Crippen molar-refractivity contribution in [1.29, 1.82) is 0 Å². The molecule has 1 N–H and O–H groups in total. The van der Waals surface area contributed by atoms with Gasteiger partial charge in [-0.25, -0.2) is 9.69 Å². The van der Waals surface area contributed by atoms with Gasteiger partial charge in [-0.15, -0.1) is 0 Å². The van der Waals surface area contributed by atoms with Crippen LogP contribution in [0.1, 0.15) is 37.3 Å². The minimum Gasteiger partial charge on any atom is -0.276 e. The summed E-state index contributed by atoms with van der Waals surface area (Å²) >= 11 is 0. The second kappa shape index (κ2) is 4.69. The van der Waals surface area contributed by atoms with Gasteiger partial charge in [0.25, 0.3) is 5.91 Å². The van der Waals surface area contributed by atoms with Gasteiger partial charge in [0.1, 0.15) is 5.41 Å². The zero-order valence-corrected chi connectivity index (χ0v) is 12.2. The SMILES string of the molecule is CCc1cccc(C)c1N1C(=O)NC(=O)C2(CCC2)C1=O. The Kier molecular flexibility index (Phi) is 3.08. The van der Waals surface area contributed by atoms with Crippen molar-refractivity contribution in [2.45, 2.75) is 39.5 Å². The number of amides is 4. The van der Waals surface area contributed by atoms with Gasteiger partial charge >= 0.3 is 6.03 Å². The van der Waals surface area contributed by atoms with Crippen LogP contribution in [-0.2, 0) is 16.0 Å². The molecule has 4 amide bonds. The van der Waals surface area contributed by atoms with Gasteiger partial charge in [0.05, 0.1) is 5.69 Å². The zero-order valence-electron chi connectivity index (χ0n) is 12.2. The van der Waals surface area contributed by atoms with Crippen LogP contribution < -0.4 is 10.2 Å². The maximum atomic E-state index is 12.8. The fraction of sp³-hybridized carbons (Fsp3) is 0.438. The van der Waals surface area contributed by atoms with Crippen molar-refractivity contribution in [2.24, 2.45) is 5.41 Å². The van der Waals surface area contributed by atoms with Crippen molar-refractivity contribution in [3.05, 3.63) is 29.3 Å². The second-order valence-electron chi connectivity index (χ2n) is 5.77. The number of barbiturate groups is 1.